The van der Waals surface area contributed by atoms with Crippen LogP contribution < -0.4 is 10.6 Å². The van der Waals surface area contributed by atoms with Crippen molar-refractivity contribution in [2.75, 3.05) is 10.6 Å². The van der Waals surface area contributed by atoms with E-state index in [1.165, 1.54) is 30.3 Å². The number of hydrogen-bond donors (Lipinski definition) is 2. The number of rotatable bonds is 4. The highest BCUT2D eigenvalue weighted by molar-refractivity contribution is 6.37. The van der Waals surface area contributed by atoms with Crippen LogP contribution in [0.25, 0.3) is 0 Å². The lowest BCUT2D eigenvalue weighted by atomic mass is 10.2. The van der Waals surface area contributed by atoms with E-state index in [1.54, 1.807) is 30.3 Å². The number of halogens is 3. The molecule has 0 bridgehead atoms. The fraction of sp³-hybridized carbons (Fsp3) is 0. The molecule has 27 heavy (non-hydrogen) atoms. The predicted octanol–water partition coefficient (Wildman–Crippen LogP) is 5.64. The third kappa shape index (κ3) is 4.84. The van der Waals surface area contributed by atoms with Crippen molar-refractivity contribution in [3.05, 3.63) is 93.7 Å². The molecule has 3 aromatic rings. The second-order valence-corrected chi connectivity index (χ2v) is 6.46. The Balaban J connectivity index is 1.66. The summed E-state index contributed by atoms with van der Waals surface area (Å²) in [5.41, 5.74) is 1.54. The van der Waals surface area contributed by atoms with E-state index in [0.29, 0.717) is 22.0 Å². The molecule has 0 atom stereocenters. The highest BCUT2D eigenvalue weighted by atomic mass is 35.5. The van der Waals surface area contributed by atoms with Crippen molar-refractivity contribution in [3.8, 4) is 0 Å². The van der Waals surface area contributed by atoms with Crippen molar-refractivity contribution >= 4 is 46.4 Å². The Morgan fingerprint density at radius 1 is 0.778 bits per heavy atom. The molecular weight excluding hydrogens is 390 g/mol. The predicted molar refractivity (Wildman–Crippen MR) is 105 cm³/mol. The fourth-order valence-electron chi connectivity index (χ4n) is 2.34. The van der Waals surface area contributed by atoms with Crippen molar-refractivity contribution in [1.82, 2.24) is 0 Å². The highest BCUT2D eigenvalue weighted by Gasteiger charge is 2.11. The van der Waals surface area contributed by atoms with Crippen LogP contribution in [0.2, 0.25) is 10.0 Å². The first-order valence-electron chi connectivity index (χ1n) is 7.86. The van der Waals surface area contributed by atoms with Gasteiger partial charge < -0.3 is 10.6 Å². The van der Waals surface area contributed by atoms with Gasteiger partial charge in [0.1, 0.15) is 5.82 Å². The van der Waals surface area contributed by atoms with Gasteiger partial charge in [0.2, 0.25) is 0 Å². The molecule has 4 nitrogen and oxygen atoms in total. The Kier molecular flexibility index (Phi) is 5.74. The Bertz CT molecular complexity index is 1010. The van der Waals surface area contributed by atoms with Crippen LogP contribution in [0.4, 0.5) is 15.8 Å². The van der Waals surface area contributed by atoms with Crippen molar-refractivity contribution in [3.63, 3.8) is 0 Å². The van der Waals surface area contributed by atoms with Gasteiger partial charge in [-0.2, -0.15) is 0 Å². The molecule has 2 N–H and O–H groups in total. The lowest BCUT2D eigenvalue weighted by Gasteiger charge is -2.09. The summed E-state index contributed by atoms with van der Waals surface area (Å²) >= 11 is 11.8. The summed E-state index contributed by atoms with van der Waals surface area (Å²) in [5, 5.41) is 6.06. The van der Waals surface area contributed by atoms with E-state index < -0.39 is 11.7 Å². The molecule has 0 fully saturated rings. The van der Waals surface area contributed by atoms with Gasteiger partial charge in [-0.05, 0) is 60.7 Å². The quantitative estimate of drug-likeness (QED) is 0.593. The minimum absolute atomic E-state index is 0.213. The molecule has 0 heterocycles. The molecule has 0 saturated heterocycles. The van der Waals surface area contributed by atoms with Gasteiger partial charge in [-0.3, -0.25) is 9.59 Å². The maximum Gasteiger partial charge on any atom is 0.257 e. The van der Waals surface area contributed by atoms with Crippen LogP contribution in [0, 0.1) is 5.82 Å². The summed E-state index contributed by atoms with van der Waals surface area (Å²) in [7, 11) is 0. The molecule has 0 spiro atoms. The zero-order chi connectivity index (χ0) is 19.4. The number of anilines is 2. The van der Waals surface area contributed by atoms with Crippen LogP contribution in [0.5, 0.6) is 0 Å². The molecular formula is C20H13Cl2FN2O2. The summed E-state index contributed by atoms with van der Waals surface area (Å²) in [4.78, 5) is 24.4. The molecule has 0 aromatic heterocycles. The first-order valence-corrected chi connectivity index (χ1v) is 8.61. The van der Waals surface area contributed by atoms with Gasteiger partial charge in [-0.25, -0.2) is 4.39 Å². The zero-order valence-electron chi connectivity index (χ0n) is 13.8. The molecule has 7 heteroatoms. The van der Waals surface area contributed by atoms with Gasteiger partial charge in [0.25, 0.3) is 11.8 Å². The van der Waals surface area contributed by atoms with Gasteiger partial charge in [-0.15, -0.1) is 0 Å². The third-order valence-electron chi connectivity index (χ3n) is 3.66. The number of nitrogens with one attached hydrogen (secondary N) is 2. The second kappa shape index (κ2) is 8.20. The molecule has 3 rings (SSSR count). The van der Waals surface area contributed by atoms with E-state index in [9.17, 15) is 14.0 Å². The van der Waals surface area contributed by atoms with E-state index in [4.69, 9.17) is 23.2 Å². The summed E-state index contributed by atoms with van der Waals surface area (Å²) in [6.45, 7) is 0. The van der Waals surface area contributed by atoms with Gasteiger partial charge in [-0.1, -0.05) is 29.3 Å². The average molecular weight is 403 g/mol. The maximum atomic E-state index is 13.2. The summed E-state index contributed by atoms with van der Waals surface area (Å²) in [6, 6.07) is 16.5. The van der Waals surface area contributed by atoms with Crippen molar-refractivity contribution in [2.45, 2.75) is 0 Å². The average Bonchev–Trinajstić information content (AvgIpc) is 2.63. The Hall–Kier alpha value is -2.89. The smallest absolute Gasteiger partial charge is 0.257 e. The Labute approximate surface area is 164 Å². The van der Waals surface area contributed by atoms with Crippen LogP contribution in [0.15, 0.2) is 66.7 Å². The molecule has 0 unspecified atom stereocenters. The monoisotopic (exact) mass is 402 g/mol. The van der Waals surface area contributed by atoms with Gasteiger partial charge in [0.05, 0.1) is 10.6 Å². The molecule has 0 saturated carbocycles. The van der Waals surface area contributed by atoms with Crippen LogP contribution in [0.1, 0.15) is 20.7 Å². The van der Waals surface area contributed by atoms with Crippen LogP contribution >= 0.6 is 23.2 Å². The largest absolute Gasteiger partial charge is 0.322 e. The van der Waals surface area contributed by atoms with Crippen LogP contribution in [-0.2, 0) is 0 Å². The van der Waals surface area contributed by atoms with Gasteiger partial charge >= 0.3 is 0 Å². The van der Waals surface area contributed by atoms with Crippen LogP contribution in [-0.4, -0.2) is 11.8 Å². The van der Waals surface area contributed by atoms with Crippen LogP contribution in [0.3, 0.4) is 0 Å². The number of amides is 2. The summed E-state index contributed by atoms with van der Waals surface area (Å²) in [6.07, 6.45) is 0. The Morgan fingerprint density at radius 3 is 2.00 bits per heavy atom. The Morgan fingerprint density at radius 2 is 1.41 bits per heavy atom. The summed E-state index contributed by atoms with van der Waals surface area (Å²) in [5.74, 6) is -1.30. The minimum atomic E-state index is -0.485. The second-order valence-electron chi connectivity index (χ2n) is 5.62. The van der Waals surface area contributed by atoms with Gasteiger partial charge in [0, 0.05) is 22.0 Å². The first kappa shape index (κ1) is 18.9. The minimum Gasteiger partial charge on any atom is -0.322 e. The zero-order valence-corrected chi connectivity index (χ0v) is 15.3. The lowest BCUT2D eigenvalue weighted by Crippen LogP contribution is -2.13. The molecule has 3 aromatic carbocycles. The van der Waals surface area contributed by atoms with Crippen molar-refractivity contribution < 1.29 is 14.0 Å². The number of benzene rings is 3. The standard InChI is InChI=1S/C20H13Cl2FN2O2/c21-13-4-9-17(18(22)11-13)20(27)25-16-7-5-15(6-8-16)24-19(26)12-2-1-3-14(23)10-12/h1-11H,(H,24,26)(H,25,27). The van der Waals surface area contributed by atoms with Gasteiger partial charge in [0.15, 0.2) is 0 Å². The molecule has 2 amide bonds. The normalized spacial score (nSPS) is 10.3. The highest BCUT2D eigenvalue weighted by Crippen LogP contribution is 2.22. The number of carbonyl (C=O) groups excluding carboxylic acids is 2. The maximum absolute atomic E-state index is 13.2. The summed E-state index contributed by atoms with van der Waals surface area (Å²) < 4.78 is 13.2. The number of carbonyl (C=O) groups is 2. The van der Waals surface area contributed by atoms with Crippen molar-refractivity contribution in [2.24, 2.45) is 0 Å². The molecule has 0 radical (unpaired) electrons. The van der Waals surface area contributed by atoms with E-state index in [0.717, 1.165) is 6.07 Å². The first-order chi connectivity index (χ1) is 12.9. The van der Waals surface area contributed by atoms with Crippen molar-refractivity contribution in [1.29, 1.82) is 0 Å². The number of hydrogen-bond acceptors (Lipinski definition) is 2. The van der Waals surface area contributed by atoms with E-state index in [1.807, 2.05) is 0 Å². The van der Waals surface area contributed by atoms with E-state index >= 15 is 0 Å². The fourth-order valence-corrected chi connectivity index (χ4v) is 2.84. The molecule has 0 aliphatic heterocycles. The SMILES string of the molecule is O=C(Nc1ccc(NC(=O)c2ccc(Cl)cc2Cl)cc1)c1cccc(F)c1. The lowest BCUT2D eigenvalue weighted by molar-refractivity contribution is 0.101. The molecule has 0 aliphatic rings. The van der Waals surface area contributed by atoms with E-state index in [-0.39, 0.29) is 16.5 Å². The molecule has 0 aliphatic carbocycles. The van der Waals surface area contributed by atoms with E-state index in [2.05, 4.69) is 10.6 Å². The third-order valence-corrected chi connectivity index (χ3v) is 4.21. The molecule has 136 valence electrons. The topological polar surface area (TPSA) is 58.2 Å².